The quantitative estimate of drug-likeness (QED) is 0.316. The molecule has 0 radical (unpaired) electrons. The van der Waals surface area contributed by atoms with E-state index in [4.69, 9.17) is 5.73 Å². The highest BCUT2D eigenvalue weighted by atomic mass is 16.3. The lowest BCUT2D eigenvalue weighted by Crippen LogP contribution is -2.44. The van der Waals surface area contributed by atoms with Crippen molar-refractivity contribution >= 4 is 23.5 Å². The second-order valence-electron chi connectivity index (χ2n) is 10.5. The number of carbonyl (C=O) groups is 3. The number of aliphatic hydroxyl groups is 1. The van der Waals surface area contributed by atoms with Crippen LogP contribution in [0.1, 0.15) is 61.3 Å². The molecular weight excluding hydrogens is 516 g/mol. The van der Waals surface area contributed by atoms with Gasteiger partial charge in [0.15, 0.2) is 0 Å². The number of rotatable bonds is 11. The fourth-order valence-corrected chi connectivity index (χ4v) is 5.67. The molecule has 8 heteroatoms. The molecule has 0 bridgehead atoms. The van der Waals surface area contributed by atoms with E-state index >= 15 is 0 Å². The Kier molecular flexibility index (Phi) is 10.5. The van der Waals surface area contributed by atoms with E-state index in [1.54, 1.807) is 21.9 Å². The minimum atomic E-state index is -0.872. The third kappa shape index (κ3) is 7.52. The average molecular weight is 557 g/mol. The van der Waals surface area contributed by atoms with Gasteiger partial charge in [0.05, 0.1) is 13.2 Å². The molecule has 0 unspecified atom stereocenters. The van der Waals surface area contributed by atoms with Crippen molar-refractivity contribution < 1.29 is 19.5 Å². The number of hydrogen-bond acceptors (Lipinski definition) is 4. The molecule has 0 saturated heterocycles. The number of anilines is 1. The van der Waals surface area contributed by atoms with Gasteiger partial charge in [0.25, 0.3) is 0 Å². The summed E-state index contributed by atoms with van der Waals surface area (Å²) in [5.74, 6) is -0.983. The van der Waals surface area contributed by atoms with Gasteiger partial charge < -0.3 is 21.1 Å². The second kappa shape index (κ2) is 14.5. The number of benzene rings is 3. The minimum absolute atomic E-state index is 0.0223. The Hall–Kier alpha value is -4.17. The maximum Gasteiger partial charge on any atom is 0.324 e. The Labute approximate surface area is 242 Å². The monoisotopic (exact) mass is 556 g/mol. The van der Waals surface area contributed by atoms with Gasteiger partial charge in [-0.2, -0.15) is 0 Å². The summed E-state index contributed by atoms with van der Waals surface area (Å²) in [6.45, 7) is 2.93. The molecule has 3 aromatic rings. The summed E-state index contributed by atoms with van der Waals surface area (Å²) in [6, 6.07) is 25.7. The molecule has 1 aliphatic carbocycles. The summed E-state index contributed by atoms with van der Waals surface area (Å²) in [5, 5.41) is 12.4. The van der Waals surface area contributed by atoms with Gasteiger partial charge >= 0.3 is 6.03 Å². The summed E-state index contributed by atoms with van der Waals surface area (Å²) in [4.78, 5) is 42.4. The molecule has 216 valence electrons. The van der Waals surface area contributed by atoms with Crippen molar-refractivity contribution in [2.75, 3.05) is 24.6 Å². The molecule has 3 aromatic carbocycles. The van der Waals surface area contributed by atoms with E-state index in [1.807, 2.05) is 79.7 Å². The van der Waals surface area contributed by atoms with Crippen LogP contribution in [0.5, 0.6) is 0 Å². The van der Waals surface area contributed by atoms with E-state index in [0.717, 1.165) is 42.5 Å². The van der Waals surface area contributed by atoms with Crippen molar-refractivity contribution in [3.8, 4) is 0 Å². The van der Waals surface area contributed by atoms with Crippen molar-refractivity contribution in [3.63, 3.8) is 0 Å². The third-order valence-electron chi connectivity index (χ3n) is 7.88. The Morgan fingerprint density at radius 1 is 0.927 bits per heavy atom. The highest BCUT2D eigenvalue weighted by Gasteiger charge is 2.34. The predicted octanol–water partition coefficient (Wildman–Crippen LogP) is 4.74. The van der Waals surface area contributed by atoms with E-state index < -0.39 is 11.9 Å². The molecule has 3 atom stereocenters. The van der Waals surface area contributed by atoms with Crippen LogP contribution in [-0.4, -0.2) is 47.5 Å². The number of likely N-dealkylation sites (N-methyl/N-ethyl adjacent to an activating group) is 1. The van der Waals surface area contributed by atoms with Crippen molar-refractivity contribution in [1.29, 1.82) is 0 Å². The molecular formula is C33H40N4O4. The molecule has 41 heavy (non-hydrogen) atoms. The fourth-order valence-electron chi connectivity index (χ4n) is 5.67. The number of para-hydroxylation sites is 1. The Balaban J connectivity index is 1.51. The minimum Gasteiger partial charge on any atom is -0.395 e. The molecule has 4 N–H and O–H groups in total. The van der Waals surface area contributed by atoms with Crippen LogP contribution in [0, 0.1) is 5.92 Å². The first-order valence-corrected chi connectivity index (χ1v) is 14.4. The van der Waals surface area contributed by atoms with E-state index in [2.05, 4.69) is 5.32 Å². The highest BCUT2D eigenvalue weighted by molar-refractivity contribution is 5.92. The van der Waals surface area contributed by atoms with Gasteiger partial charge in [0.1, 0.15) is 6.04 Å². The number of nitrogens with zero attached hydrogens (tertiary/aromatic N) is 2. The van der Waals surface area contributed by atoms with Gasteiger partial charge in [0.2, 0.25) is 11.8 Å². The van der Waals surface area contributed by atoms with Crippen LogP contribution in [0.2, 0.25) is 0 Å². The van der Waals surface area contributed by atoms with Gasteiger partial charge in [-0.25, -0.2) is 4.79 Å². The lowest BCUT2D eigenvalue weighted by molar-refractivity contribution is -0.131. The highest BCUT2D eigenvalue weighted by Crippen LogP contribution is 2.38. The number of urea groups is 1. The molecule has 1 aliphatic rings. The van der Waals surface area contributed by atoms with Gasteiger partial charge in [-0.15, -0.1) is 0 Å². The Morgan fingerprint density at radius 2 is 1.56 bits per heavy atom. The van der Waals surface area contributed by atoms with E-state index in [-0.39, 0.29) is 36.9 Å². The number of hydrogen-bond donors (Lipinski definition) is 3. The van der Waals surface area contributed by atoms with Crippen LogP contribution < -0.4 is 16.0 Å². The van der Waals surface area contributed by atoms with Crippen molar-refractivity contribution in [3.05, 3.63) is 102 Å². The van der Waals surface area contributed by atoms with Crippen LogP contribution >= 0.6 is 0 Å². The third-order valence-corrected chi connectivity index (χ3v) is 7.88. The van der Waals surface area contributed by atoms with Crippen LogP contribution in [0.25, 0.3) is 0 Å². The largest absolute Gasteiger partial charge is 0.395 e. The molecule has 0 aromatic heterocycles. The lowest BCUT2D eigenvalue weighted by Gasteiger charge is -2.32. The second-order valence-corrected chi connectivity index (χ2v) is 10.5. The number of carbonyl (C=O) groups excluding carboxylic acids is 3. The predicted molar refractivity (Wildman–Crippen MR) is 160 cm³/mol. The first-order chi connectivity index (χ1) is 19.9. The van der Waals surface area contributed by atoms with Gasteiger partial charge in [-0.1, -0.05) is 85.6 Å². The maximum atomic E-state index is 13.5. The van der Waals surface area contributed by atoms with Gasteiger partial charge in [-0.3, -0.25) is 14.5 Å². The van der Waals surface area contributed by atoms with Gasteiger partial charge in [-0.05, 0) is 54.5 Å². The molecule has 0 heterocycles. The zero-order valence-electron chi connectivity index (χ0n) is 23.6. The first kappa shape index (κ1) is 29.8. The molecule has 0 spiro atoms. The lowest BCUT2D eigenvalue weighted by atomic mass is 9.74. The Bertz CT molecular complexity index is 1280. The van der Waals surface area contributed by atoms with E-state index in [9.17, 15) is 19.5 Å². The fraction of sp³-hybridized carbons (Fsp3) is 0.364. The smallest absolute Gasteiger partial charge is 0.324 e. The molecule has 1 fully saturated rings. The summed E-state index contributed by atoms with van der Waals surface area (Å²) in [5.41, 5.74) is 9.14. The molecule has 1 saturated carbocycles. The maximum absolute atomic E-state index is 13.5. The van der Waals surface area contributed by atoms with Crippen molar-refractivity contribution in [2.24, 2.45) is 11.7 Å². The van der Waals surface area contributed by atoms with Crippen molar-refractivity contribution in [2.45, 2.75) is 51.1 Å². The first-order valence-electron chi connectivity index (χ1n) is 14.4. The standard InChI is InChI=1S/C33H40N4O4/c1-2-36(21-22-38)33(41)37(27-13-7-4-8-14-27)23-24-17-19-25(20-18-24)28-15-9-10-16-29(28)32(40)35-30(31(34)39)26-11-5-3-6-12-26/h3-8,11-14,17-20,28-30,38H,2,9-10,15-16,21-23H2,1H3,(H2,34,39)(H,35,40)/t28-,29+,30-/m0/s1. The SMILES string of the molecule is CCN(CCO)C(=O)N(Cc1ccc([C@@H]2CCCC[C@H]2C(=O)N[C@H](C(N)=O)c2ccccc2)cc1)c1ccccc1. The number of aliphatic hydroxyl groups excluding tert-OH is 1. The summed E-state index contributed by atoms with van der Waals surface area (Å²) in [7, 11) is 0. The average Bonchev–Trinajstić information content (AvgIpc) is 3.02. The number of nitrogens with two attached hydrogens (primary N) is 1. The molecule has 8 nitrogen and oxygen atoms in total. The molecule has 4 amide bonds. The number of nitrogens with one attached hydrogen (secondary N) is 1. The topological polar surface area (TPSA) is 116 Å². The molecule has 4 rings (SSSR count). The summed E-state index contributed by atoms with van der Waals surface area (Å²) < 4.78 is 0. The van der Waals surface area contributed by atoms with Crippen molar-refractivity contribution in [1.82, 2.24) is 10.2 Å². The van der Waals surface area contributed by atoms with Crippen LogP contribution in [-0.2, 0) is 16.1 Å². The zero-order chi connectivity index (χ0) is 29.2. The van der Waals surface area contributed by atoms with Crippen LogP contribution in [0.4, 0.5) is 10.5 Å². The summed E-state index contributed by atoms with van der Waals surface area (Å²) >= 11 is 0. The normalized spacial score (nSPS) is 17.3. The molecule has 0 aliphatic heterocycles. The Morgan fingerprint density at radius 3 is 2.17 bits per heavy atom. The summed E-state index contributed by atoms with van der Waals surface area (Å²) in [6.07, 6.45) is 3.61. The van der Waals surface area contributed by atoms with Crippen LogP contribution in [0.15, 0.2) is 84.9 Å². The van der Waals surface area contributed by atoms with Crippen LogP contribution in [0.3, 0.4) is 0 Å². The zero-order valence-corrected chi connectivity index (χ0v) is 23.6. The van der Waals surface area contributed by atoms with E-state index in [0.29, 0.717) is 18.7 Å². The number of primary amides is 1. The number of amides is 4. The van der Waals surface area contributed by atoms with Gasteiger partial charge in [0, 0.05) is 24.7 Å². The van der Waals surface area contributed by atoms with E-state index in [1.165, 1.54) is 0 Å².